The van der Waals surface area contributed by atoms with Crippen molar-refractivity contribution in [2.75, 3.05) is 6.54 Å². The van der Waals surface area contributed by atoms with E-state index in [0.717, 1.165) is 62.6 Å². The van der Waals surface area contributed by atoms with Crippen molar-refractivity contribution >= 4 is 17.7 Å². The highest BCUT2D eigenvalue weighted by Crippen LogP contribution is 2.77. The number of nitrogens with zero attached hydrogens (tertiary/aromatic N) is 1. The topological polar surface area (TPSA) is 126 Å². The zero-order valence-corrected chi connectivity index (χ0v) is 32.7. The molecule has 1 aromatic rings. The van der Waals surface area contributed by atoms with Crippen molar-refractivity contribution in [1.29, 1.82) is 0 Å². The molecule has 0 bridgehead atoms. The van der Waals surface area contributed by atoms with Gasteiger partial charge in [0.25, 0.3) is 0 Å². The van der Waals surface area contributed by atoms with E-state index in [9.17, 15) is 24.6 Å². The lowest BCUT2D eigenvalue weighted by atomic mass is 9.33. The zero-order valence-electron chi connectivity index (χ0n) is 32.7. The second-order valence-corrected chi connectivity index (χ2v) is 19.5. The van der Waals surface area contributed by atoms with Gasteiger partial charge in [0.1, 0.15) is 6.10 Å². The fourth-order valence-electron chi connectivity index (χ4n) is 12.9. The van der Waals surface area contributed by atoms with Crippen LogP contribution in [0.25, 0.3) is 0 Å². The quantitative estimate of drug-likeness (QED) is 0.210. The predicted octanol–water partition coefficient (Wildman–Crippen LogP) is 7.93. The van der Waals surface area contributed by atoms with Gasteiger partial charge in [-0.05, 0) is 123 Å². The Hall–Kier alpha value is -2.58. The lowest BCUT2D eigenvalue weighted by Gasteiger charge is -2.72. The number of aromatic nitrogens is 1. The Morgan fingerprint density at radius 2 is 1.71 bits per heavy atom. The number of ether oxygens (including phenoxy) is 1. The van der Waals surface area contributed by atoms with E-state index < -0.39 is 28.9 Å². The summed E-state index contributed by atoms with van der Waals surface area (Å²) in [5, 5.41) is 25.2. The number of Topliss-reactive ketones (excluding diaryl/α,β-unsaturated/α-hetero) is 1. The van der Waals surface area contributed by atoms with E-state index in [0.29, 0.717) is 31.3 Å². The molecule has 8 nitrogen and oxygen atoms in total. The summed E-state index contributed by atoms with van der Waals surface area (Å²) in [6.45, 7) is 20.6. The van der Waals surface area contributed by atoms with Crippen molar-refractivity contribution in [2.24, 2.45) is 56.2 Å². The maximum atomic E-state index is 14.0. The summed E-state index contributed by atoms with van der Waals surface area (Å²) in [6, 6.07) is 5.87. The summed E-state index contributed by atoms with van der Waals surface area (Å²) in [7, 11) is 0. The standard InChI is InChI=1S/C43H64N2O6/c1-26(2)35-29(46)22-43(32(47)25-44-24-27-12-10-11-21-45-27)20-19-41(8)28(36(35)43)13-14-31-40(7)17-16-33(51-34(48)23-38(3,4)37(49)50)39(5,6)30(40)15-18-42(31,41)9/h10-12,21,26,28,30-33,44,47H,13-20,22-25H2,1-9H3,(H,49,50)/t28-,30+,31-,32+,33+,40+,41-,42-,43?/m1/s1. The second-order valence-electron chi connectivity index (χ2n) is 19.5. The van der Waals surface area contributed by atoms with Crippen LogP contribution in [0.4, 0.5) is 0 Å². The third-order valence-electron chi connectivity index (χ3n) is 15.9. The van der Waals surface area contributed by atoms with Gasteiger partial charge in [0.2, 0.25) is 0 Å². The Labute approximate surface area is 306 Å². The molecule has 9 atom stereocenters. The SMILES string of the molecule is CC(C)C1=C2[C@H]3CC[C@@H]4[C@@]5(C)CC[C@H](OC(=O)CC(C)(C)C(=O)O)C(C)(C)[C@@H]5CC[C@@]4(C)[C@]3(C)CCC2([C@@H](O)CNCc2ccccn2)CC1=O. The lowest BCUT2D eigenvalue weighted by molar-refractivity contribution is -0.235. The van der Waals surface area contributed by atoms with Crippen LogP contribution in [0.1, 0.15) is 132 Å². The number of fused-ring (bicyclic) bond motifs is 7. The monoisotopic (exact) mass is 704 g/mol. The number of hydrogen-bond acceptors (Lipinski definition) is 7. The molecule has 8 heteroatoms. The molecule has 5 aliphatic rings. The van der Waals surface area contributed by atoms with E-state index in [1.807, 2.05) is 18.2 Å². The Balaban J connectivity index is 1.26. The van der Waals surface area contributed by atoms with Crippen LogP contribution < -0.4 is 5.32 Å². The van der Waals surface area contributed by atoms with Gasteiger partial charge >= 0.3 is 11.9 Å². The minimum absolute atomic E-state index is 0.00946. The van der Waals surface area contributed by atoms with Crippen molar-refractivity contribution in [3.8, 4) is 0 Å². The molecular weight excluding hydrogens is 640 g/mol. The van der Waals surface area contributed by atoms with Crippen molar-refractivity contribution in [1.82, 2.24) is 10.3 Å². The number of carboxylic acid groups (broad SMARTS) is 1. The summed E-state index contributed by atoms with van der Waals surface area (Å²) in [6.07, 6.45) is 8.99. The van der Waals surface area contributed by atoms with Crippen LogP contribution in [0.3, 0.4) is 0 Å². The molecule has 0 spiro atoms. The average molecular weight is 705 g/mol. The lowest BCUT2D eigenvalue weighted by Crippen LogP contribution is -2.66. The summed E-state index contributed by atoms with van der Waals surface area (Å²) >= 11 is 0. The largest absolute Gasteiger partial charge is 0.481 e. The molecule has 6 rings (SSSR count). The zero-order chi connectivity index (χ0) is 37.4. The number of aliphatic hydroxyl groups excluding tert-OH is 1. The fourth-order valence-corrected chi connectivity index (χ4v) is 12.9. The predicted molar refractivity (Wildman–Crippen MR) is 197 cm³/mol. The van der Waals surface area contributed by atoms with E-state index in [4.69, 9.17) is 4.74 Å². The molecular formula is C43H64N2O6. The van der Waals surface area contributed by atoms with Gasteiger partial charge in [-0.1, -0.05) is 60.1 Å². The number of ketones is 1. The van der Waals surface area contributed by atoms with Gasteiger partial charge in [0, 0.05) is 36.5 Å². The minimum Gasteiger partial charge on any atom is -0.481 e. The van der Waals surface area contributed by atoms with Crippen LogP contribution in [0.2, 0.25) is 0 Å². The van der Waals surface area contributed by atoms with Crippen molar-refractivity contribution in [3.63, 3.8) is 0 Å². The van der Waals surface area contributed by atoms with Crippen LogP contribution in [0.15, 0.2) is 35.5 Å². The molecule has 51 heavy (non-hydrogen) atoms. The summed E-state index contributed by atoms with van der Waals surface area (Å²) in [5.41, 5.74) is 1.40. The Kier molecular flexibility index (Phi) is 9.78. The molecule has 0 amide bonds. The highest BCUT2D eigenvalue weighted by atomic mass is 16.5. The van der Waals surface area contributed by atoms with E-state index >= 15 is 0 Å². The number of carbonyl (C=O) groups is 3. The summed E-state index contributed by atoms with van der Waals surface area (Å²) in [5.74, 6) is 0.0552. The first-order chi connectivity index (χ1) is 23.7. The number of esters is 1. The van der Waals surface area contributed by atoms with Crippen LogP contribution in [-0.4, -0.2) is 51.7 Å². The molecule has 0 saturated heterocycles. The first-order valence-corrected chi connectivity index (χ1v) is 19.7. The third-order valence-corrected chi connectivity index (χ3v) is 15.9. The van der Waals surface area contributed by atoms with Crippen molar-refractivity contribution in [3.05, 3.63) is 41.2 Å². The Morgan fingerprint density at radius 1 is 0.980 bits per heavy atom. The molecule has 1 heterocycles. The molecule has 1 aromatic heterocycles. The fraction of sp³-hybridized carbons (Fsp3) is 0.767. The van der Waals surface area contributed by atoms with Gasteiger partial charge in [0.05, 0.1) is 23.6 Å². The van der Waals surface area contributed by atoms with Crippen LogP contribution in [0, 0.1) is 56.2 Å². The average Bonchev–Trinajstić information content (AvgIpc) is 3.36. The number of carbonyl (C=O) groups excluding carboxylic acids is 2. The number of aliphatic carboxylic acids is 1. The number of aliphatic hydroxyl groups is 1. The molecule has 5 aliphatic carbocycles. The van der Waals surface area contributed by atoms with Crippen molar-refractivity contribution in [2.45, 2.75) is 145 Å². The molecule has 0 aliphatic heterocycles. The molecule has 0 aromatic carbocycles. The smallest absolute Gasteiger partial charge is 0.309 e. The number of allylic oxidation sites excluding steroid dienone is 1. The first kappa shape index (κ1) is 38.2. The first-order valence-electron chi connectivity index (χ1n) is 19.7. The van der Waals surface area contributed by atoms with E-state index in [2.05, 4.69) is 58.8 Å². The van der Waals surface area contributed by atoms with Gasteiger partial charge in [-0.3, -0.25) is 19.4 Å². The van der Waals surface area contributed by atoms with Crippen molar-refractivity contribution < 1.29 is 29.3 Å². The molecule has 1 unspecified atom stereocenters. The third kappa shape index (κ3) is 5.93. The maximum absolute atomic E-state index is 14.0. The number of rotatable bonds is 10. The highest BCUT2D eigenvalue weighted by molar-refractivity contribution is 6.00. The van der Waals surface area contributed by atoms with Gasteiger partial charge in [-0.25, -0.2) is 0 Å². The summed E-state index contributed by atoms with van der Waals surface area (Å²) in [4.78, 5) is 43.2. The number of hydrogen-bond donors (Lipinski definition) is 3. The number of pyridine rings is 1. The minimum atomic E-state index is -1.16. The number of carboxylic acids is 1. The molecule has 0 radical (unpaired) electrons. The Bertz CT molecular complexity index is 1570. The van der Waals surface area contributed by atoms with E-state index in [1.54, 1.807) is 20.0 Å². The maximum Gasteiger partial charge on any atom is 0.309 e. The van der Waals surface area contributed by atoms with Gasteiger partial charge in [0.15, 0.2) is 5.78 Å². The molecule has 4 fully saturated rings. The van der Waals surface area contributed by atoms with E-state index in [-0.39, 0.29) is 51.8 Å². The van der Waals surface area contributed by atoms with Crippen LogP contribution in [-0.2, 0) is 25.7 Å². The summed E-state index contributed by atoms with van der Waals surface area (Å²) < 4.78 is 6.16. The second kappa shape index (κ2) is 13.1. The van der Waals surface area contributed by atoms with Gasteiger partial charge in [-0.2, -0.15) is 0 Å². The number of nitrogens with one attached hydrogen (secondary N) is 1. The van der Waals surface area contributed by atoms with Gasteiger partial charge < -0.3 is 20.3 Å². The van der Waals surface area contributed by atoms with E-state index in [1.165, 1.54) is 5.57 Å². The van der Waals surface area contributed by atoms with Gasteiger partial charge in [-0.15, -0.1) is 0 Å². The Morgan fingerprint density at radius 3 is 2.35 bits per heavy atom. The van der Waals surface area contributed by atoms with Crippen LogP contribution in [0.5, 0.6) is 0 Å². The molecule has 3 N–H and O–H groups in total. The normalized spacial score (nSPS) is 38.0. The molecule has 282 valence electrons. The highest BCUT2D eigenvalue weighted by Gasteiger charge is 2.70. The molecule has 4 saturated carbocycles. The van der Waals surface area contributed by atoms with Crippen LogP contribution >= 0.6 is 0 Å².